The number of rotatable bonds is 7. The fourth-order valence-corrected chi connectivity index (χ4v) is 8.61. The van der Waals surface area contributed by atoms with Crippen LogP contribution in [0.3, 0.4) is 0 Å². The van der Waals surface area contributed by atoms with E-state index in [1.807, 2.05) is 25.9 Å². The van der Waals surface area contributed by atoms with Gasteiger partial charge in [-0.3, -0.25) is 4.79 Å². The van der Waals surface area contributed by atoms with Crippen molar-refractivity contribution >= 4 is 11.7 Å². The quantitative estimate of drug-likeness (QED) is 0.125. The molecular weight excluding hydrogens is 680 g/mol. The Morgan fingerprint density at radius 3 is 2.08 bits per heavy atom. The Kier molecular flexibility index (Phi) is 15.1. The molecule has 3 rings (SSSR count). The normalized spacial score (nSPS) is 49.8. The van der Waals surface area contributed by atoms with Crippen LogP contribution in [0.2, 0.25) is 0 Å². The van der Waals surface area contributed by atoms with E-state index in [9.17, 15) is 35.5 Å². The Morgan fingerprint density at radius 2 is 1.54 bits per heavy atom. The van der Waals surface area contributed by atoms with Crippen LogP contribution in [0.25, 0.3) is 0 Å². The molecule has 3 fully saturated rings. The molecule has 0 aromatic rings. The number of esters is 1. The van der Waals surface area contributed by atoms with Gasteiger partial charge in [0.1, 0.15) is 23.9 Å². The van der Waals surface area contributed by atoms with Gasteiger partial charge in [0.25, 0.3) is 0 Å². The van der Waals surface area contributed by atoms with Crippen LogP contribution in [-0.4, -0.2) is 153 Å². The van der Waals surface area contributed by atoms with E-state index in [0.29, 0.717) is 6.42 Å². The van der Waals surface area contributed by atoms with E-state index < -0.39 is 102 Å². The molecule has 0 amide bonds. The van der Waals surface area contributed by atoms with Crippen LogP contribution >= 0.6 is 0 Å². The van der Waals surface area contributed by atoms with Gasteiger partial charge in [0, 0.05) is 37.3 Å². The van der Waals surface area contributed by atoms with E-state index in [0.717, 1.165) is 0 Å². The maximum absolute atomic E-state index is 14.1. The topological polar surface area (TPSA) is 209 Å². The molecule has 3 saturated heterocycles. The number of aliphatic hydroxyl groups excluding tert-OH is 3. The summed E-state index contributed by atoms with van der Waals surface area (Å²) in [6.07, 6.45) is -9.51. The van der Waals surface area contributed by atoms with Crippen molar-refractivity contribution in [3.8, 4) is 0 Å². The van der Waals surface area contributed by atoms with Gasteiger partial charge in [-0.25, -0.2) is 0 Å². The Bertz CT molecular complexity index is 1200. The molecule has 0 saturated carbocycles. The van der Waals surface area contributed by atoms with Gasteiger partial charge < -0.3 is 64.1 Å². The Labute approximate surface area is 309 Å². The van der Waals surface area contributed by atoms with Crippen molar-refractivity contribution in [1.82, 2.24) is 4.90 Å². The fraction of sp³-hybridized carbons (Fsp3) is 0.946. The third kappa shape index (κ3) is 9.47. The highest BCUT2D eigenvalue weighted by Crippen LogP contribution is 2.41. The van der Waals surface area contributed by atoms with Crippen LogP contribution in [0.1, 0.15) is 94.9 Å². The van der Waals surface area contributed by atoms with Crippen LogP contribution < -0.4 is 0 Å². The number of methoxy groups -OCH3 is 1. The molecule has 3 aliphatic rings. The van der Waals surface area contributed by atoms with E-state index in [1.54, 1.807) is 55.4 Å². The van der Waals surface area contributed by atoms with Crippen LogP contribution in [-0.2, 0) is 33.2 Å². The van der Waals surface area contributed by atoms with E-state index in [2.05, 4.69) is 5.16 Å². The summed E-state index contributed by atoms with van der Waals surface area (Å²) in [4.78, 5) is 16.0. The molecule has 0 aromatic carbocycles. The lowest BCUT2D eigenvalue weighted by Gasteiger charge is -2.49. The van der Waals surface area contributed by atoms with Gasteiger partial charge in [-0.05, 0) is 74.9 Å². The first-order valence-electron chi connectivity index (χ1n) is 18.7. The molecule has 0 bridgehead atoms. The monoisotopic (exact) mass is 748 g/mol. The number of carbonyl (C=O) groups excluding carboxylic acids is 1. The number of aliphatic hydroxyl groups is 5. The first-order chi connectivity index (χ1) is 24.0. The first kappa shape index (κ1) is 44.9. The molecule has 0 aromatic heterocycles. The maximum atomic E-state index is 14.1. The minimum Gasteiger partial charge on any atom is -0.459 e. The summed E-state index contributed by atoms with van der Waals surface area (Å²) < 4.78 is 37.2. The van der Waals surface area contributed by atoms with Crippen molar-refractivity contribution in [2.24, 2.45) is 28.8 Å². The fourth-order valence-electron chi connectivity index (χ4n) is 8.61. The number of oxime groups is 1. The zero-order valence-corrected chi connectivity index (χ0v) is 33.4. The summed E-state index contributed by atoms with van der Waals surface area (Å²) in [5, 5.41) is 71.8. The molecule has 0 radical (unpaired) electrons. The molecule has 6 N–H and O–H groups in total. The predicted molar refractivity (Wildman–Crippen MR) is 190 cm³/mol. The zero-order valence-electron chi connectivity index (χ0n) is 33.4. The third-order valence-electron chi connectivity index (χ3n) is 12.0. The van der Waals surface area contributed by atoms with Gasteiger partial charge >= 0.3 is 5.97 Å². The maximum Gasteiger partial charge on any atom is 0.311 e. The average Bonchev–Trinajstić information content (AvgIpc) is 3.06. The van der Waals surface area contributed by atoms with Crippen molar-refractivity contribution < 1.29 is 64.0 Å². The number of hydrogen-bond donors (Lipinski definition) is 6. The molecular formula is C37H68N2O13. The lowest BCUT2D eigenvalue weighted by molar-refractivity contribution is -0.317. The number of nitrogens with zero attached hydrogens (tertiary/aromatic N) is 2. The van der Waals surface area contributed by atoms with Crippen LogP contribution in [0.4, 0.5) is 0 Å². The number of carbonyl (C=O) groups is 1. The van der Waals surface area contributed by atoms with Crippen molar-refractivity contribution in [3.63, 3.8) is 0 Å². The summed E-state index contributed by atoms with van der Waals surface area (Å²) in [6, 6.07) is -0.322. The van der Waals surface area contributed by atoms with Crippen molar-refractivity contribution in [2.45, 2.75) is 179 Å². The van der Waals surface area contributed by atoms with Gasteiger partial charge in [-0.15, -0.1) is 0 Å². The first-order valence-corrected chi connectivity index (χ1v) is 18.7. The van der Waals surface area contributed by atoms with Crippen molar-refractivity contribution in [2.75, 3.05) is 21.2 Å². The molecule has 3 aliphatic heterocycles. The van der Waals surface area contributed by atoms with E-state index >= 15 is 0 Å². The lowest BCUT2D eigenvalue weighted by Crippen LogP contribution is -2.61. The molecule has 18 atom stereocenters. The van der Waals surface area contributed by atoms with Crippen molar-refractivity contribution in [3.05, 3.63) is 0 Å². The van der Waals surface area contributed by atoms with E-state index in [-0.39, 0.29) is 37.1 Å². The number of cyclic esters (lactones) is 1. The summed E-state index contributed by atoms with van der Waals surface area (Å²) in [6.45, 7) is 16.6. The second-order valence-corrected chi connectivity index (χ2v) is 16.6. The SMILES string of the molecule is CCC1OC(=O)C(C)C(OC2C[C@@](C)(OC)C(O)C(C)O2)C(C)C(OC2OC(C)CC(N(C)C)C2O)[C@](C)(O)CC(C)C(=NO)C(C)C(O)[C@]1(C)O. The summed E-state index contributed by atoms with van der Waals surface area (Å²) in [5.74, 6) is -4.24. The van der Waals surface area contributed by atoms with Crippen LogP contribution in [0, 0.1) is 23.7 Å². The lowest BCUT2D eigenvalue weighted by atomic mass is 9.73. The van der Waals surface area contributed by atoms with E-state index in [4.69, 9.17) is 28.4 Å². The van der Waals surface area contributed by atoms with Crippen LogP contribution in [0.5, 0.6) is 0 Å². The standard InChI is InChI=1S/C37H68N2O13/c1-14-25-37(10,45)30(41)20(4)27(38-46)18(2)16-35(8,44)32(52-34-28(40)24(39(11)12)15-19(3)48-34)21(5)29(22(6)33(43)50-25)51-26-17-36(9,47-13)31(42)23(7)49-26/h18-26,28-32,34,40-42,44-46H,14-17H2,1-13H3/t18?,19?,20?,21?,22?,23?,24?,25?,26?,28?,29?,30?,31?,32?,34?,35-,36-,37-/m1/s1. The average molecular weight is 749 g/mol. The predicted octanol–water partition coefficient (Wildman–Crippen LogP) is 2.05. The minimum absolute atomic E-state index is 0.0657. The highest BCUT2D eigenvalue weighted by Gasteiger charge is 2.53. The molecule has 15 unspecified atom stereocenters. The van der Waals surface area contributed by atoms with Gasteiger partial charge in [0.15, 0.2) is 12.6 Å². The second-order valence-electron chi connectivity index (χ2n) is 16.6. The number of hydrogen-bond acceptors (Lipinski definition) is 15. The molecule has 0 aliphatic carbocycles. The van der Waals surface area contributed by atoms with Gasteiger partial charge in [-0.1, -0.05) is 32.9 Å². The number of ether oxygens (including phenoxy) is 6. The third-order valence-corrected chi connectivity index (χ3v) is 12.0. The molecule has 52 heavy (non-hydrogen) atoms. The summed E-state index contributed by atoms with van der Waals surface area (Å²) >= 11 is 0. The molecule has 3 heterocycles. The van der Waals surface area contributed by atoms with Gasteiger partial charge in [-0.2, -0.15) is 0 Å². The van der Waals surface area contributed by atoms with Crippen LogP contribution in [0.15, 0.2) is 5.16 Å². The van der Waals surface area contributed by atoms with E-state index in [1.165, 1.54) is 14.0 Å². The molecule has 15 nitrogen and oxygen atoms in total. The molecule has 15 heteroatoms. The Morgan fingerprint density at radius 1 is 0.923 bits per heavy atom. The smallest absolute Gasteiger partial charge is 0.311 e. The van der Waals surface area contributed by atoms with Crippen molar-refractivity contribution in [1.29, 1.82) is 0 Å². The summed E-state index contributed by atoms with van der Waals surface area (Å²) in [5.41, 5.74) is -4.68. The Hall–Kier alpha value is -1.50. The molecule has 0 spiro atoms. The minimum atomic E-state index is -1.97. The number of likely N-dealkylation sites (N-methyl/N-ethyl adjacent to an activating group) is 1. The summed E-state index contributed by atoms with van der Waals surface area (Å²) in [7, 11) is 5.19. The van der Waals surface area contributed by atoms with Gasteiger partial charge in [0.2, 0.25) is 0 Å². The highest BCUT2D eigenvalue weighted by molar-refractivity contribution is 5.88. The highest BCUT2D eigenvalue weighted by atomic mass is 16.7. The second kappa shape index (κ2) is 17.5. The zero-order chi connectivity index (χ0) is 39.7. The van der Waals surface area contributed by atoms with Gasteiger partial charge in [0.05, 0.1) is 53.4 Å². The molecule has 304 valence electrons. The Balaban J connectivity index is 2.21. The largest absolute Gasteiger partial charge is 0.459 e.